The second-order valence-electron chi connectivity index (χ2n) is 6.89. The van der Waals surface area contributed by atoms with Gasteiger partial charge in [-0.15, -0.1) is 0 Å². The normalized spacial score (nSPS) is 12.9. The van der Waals surface area contributed by atoms with E-state index >= 15 is 0 Å². The lowest BCUT2D eigenvalue weighted by atomic mass is 10.2. The number of aliphatic hydroxyl groups excluding tert-OH is 1. The molecule has 5 heteroatoms. The Labute approximate surface area is 149 Å². The zero-order chi connectivity index (χ0) is 18.2. The van der Waals surface area contributed by atoms with Crippen LogP contribution in [0.4, 0.5) is 4.39 Å². The van der Waals surface area contributed by atoms with Crippen molar-refractivity contribution >= 4 is 0 Å². The number of hydrogen-bond acceptors (Lipinski definition) is 4. The molecule has 1 aromatic heterocycles. The van der Waals surface area contributed by atoms with Crippen LogP contribution in [-0.2, 0) is 17.8 Å². The molecule has 1 aromatic carbocycles. The lowest BCUT2D eigenvalue weighted by Gasteiger charge is -2.24. The standard InChI is InChI=1S/C20H28FNO3/c1-15(2)13-24-14-19(23)11-22(12-20-9-4-16(3)25-20)10-17-5-7-18(21)8-6-17/h4-9,15,19,23H,10-14H2,1-3H3. The third-order valence-electron chi connectivity index (χ3n) is 3.73. The average Bonchev–Trinajstić information content (AvgIpc) is 2.94. The highest BCUT2D eigenvalue weighted by Crippen LogP contribution is 2.14. The van der Waals surface area contributed by atoms with E-state index in [0.29, 0.717) is 38.8 Å². The number of furan rings is 1. The van der Waals surface area contributed by atoms with E-state index in [9.17, 15) is 9.50 Å². The Morgan fingerprint density at radius 1 is 1.08 bits per heavy atom. The molecule has 4 nitrogen and oxygen atoms in total. The SMILES string of the molecule is Cc1ccc(CN(Cc2ccc(F)cc2)CC(O)COCC(C)C)o1. The molecule has 138 valence electrons. The van der Waals surface area contributed by atoms with E-state index < -0.39 is 6.10 Å². The van der Waals surface area contributed by atoms with E-state index in [1.807, 2.05) is 19.1 Å². The Bertz CT molecular complexity index is 624. The van der Waals surface area contributed by atoms with Crippen LogP contribution < -0.4 is 0 Å². The minimum Gasteiger partial charge on any atom is -0.465 e. The largest absolute Gasteiger partial charge is 0.465 e. The quantitative estimate of drug-likeness (QED) is 0.709. The molecule has 25 heavy (non-hydrogen) atoms. The fourth-order valence-electron chi connectivity index (χ4n) is 2.61. The van der Waals surface area contributed by atoms with Gasteiger partial charge >= 0.3 is 0 Å². The maximum Gasteiger partial charge on any atom is 0.123 e. The minimum atomic E-state index is -0.588. The van der Waals surface area contributed by atoms with Gasteiger partial charge in [-0.25, -0.2) is 4.39 Å². The predicted molar refractivity (Wildman–Crippen MR) is 95.6 cm³/mol. The van der Waals surface area contributed by atoms with Gasteiger partial charge < -0.3 is 14.3 Å². The first-order chi connectivity index (χ1) is 11.9. The summed E-state index contributed by atoms with van der Waals surface area (Å²) in [5.74, 6) is 1.89. The number of rotatable bonds is 10. The average molecular weight is 349 g/mol. The highest BCUT2D eigenvalue weighted by atomic mass is 19.1. The second-order valence-corrected chi connectivity index (χ2v) is 6.89. The Balaban J connectivity index is 1.96. The molecule has 1 unspecified atom stereocenters. The molecule has 2 rings (SSSR count). The summed E-state index contributed by atoms with van der Waals surface area (Å²) in [4.78, 5) is 2.08. The smallest absolute Gasteiger partial charge is 0.123 e. The van der Waals surface area contributed by atoms with Gasteiger partial charge in [0.25, 0.3) is 0 Å². The second kappa shape index (κ2) is 9.70. The van der Waals surface area contributed by atoms with Crippen LogP contribution in [0.2, 0.25) is 0 Å². The Kier molecular flexibility index (Phi) is 7.62. The van der Waals surface area contributed by atoms with Crippen LogP contribution in [0.3, 0.4) is 0 Å². The van der Waals surface area contributed by atoms with Gasteiger partial charge in [0.15, 0.2) is 0 Å². The van der Waals surface area contributed by atoms with Crippen molar-refractivity contribution in [2.24, 2.45) is 5.92 Å². The molecule has 0 spiro atoms. The van der Waals surface area contributed by atoms with Gasteiger partial charge in [-0.05, 0) is 42.7 Å². The summed E-state index contributed by atoms with van der Waals surface area (Å²) in [5.41, 5.74) is 0.986. The van der Waals surface area contributed by atoms with Crippen LogP contribution in [0.15, 0.2) is 40.8 Å². The third kappa shape index (κ3) is 7.38. The van der Waals surface area contributed by atoms with Crippen molar-refractivity contribution in [3.63, 3.8) is 0 Å². The molecule has 0 amide bonds. The van der Waals surface area contributed by atoms with E-state index in [4.69, 9.17) is 9.15 Å². The number of aryl methyl sites for hydroxylation is 1. The summed E-state index contributed by atoms with van der Waals surface area (Å²) >= 11 is 0. The summed E-state index contributed by atoms with van der Waals surface area (Å²) in [6, 6.07) is 10.3. The number of benzene rings is 1. The maximum absolute atomic E-state index is 13.1. The van der Waals surface area contributed by atoms with Crippen LogP contribution >= 0.6 is 0 Å². The van der Waals surface area contributed by atoms with Crippen molar-refractivity contribution in [3.05, 3.63) is 59.3 Å². The Hall–Kier alpha value is -1.69. The molecular formula is C20H28FNO3. The number of aliphatic hydroxyl groups is 1. The monoisotopic (exact) mass is 349 g/mol. The van der Waals surface area contributed by atoms with Crippen LogP contribution in [0.1, 0.15) is 30.9 Å². The first-order valence-electron chi connectivity index (χ1n) is 8.70. The summed E-state index contributed by atoms with van der Waals surface area (Å²) in [7, 11) is 0. The number of nitrogens with zero attached hydrogens (tertiary/aromatic N) is 1. The molecule has 0 saturated heterocycles. The van der Waals surface area contributed by atoms with Crippen LogP contribution in [0.5, 0.6) is 0 Å². The topological polar surface area (TPSA) is 45.8 Å². The molecule has 1 atom stereocenters. The van der Waals surface area contributed by atoms with Gasteiger partial charge in [-0.2, -0.15) is 0 Å². The molecule has 0 aliphatic rings. The van der Waals surface area contributed by atoms with Gasteiger partial charge in [0.1, 0.15) is 17.3 Å². The molecule has 1 N–H and O–H groups in total. The maximum atomic E-state index is 13.1. The van der Waals surface area contributed by atoms with Gasteiger partial charge in [0.05, 0.1) is 19.3 Å². The molecule has 0 aliphatic carbocycles. The number of halogens is 1. The summed E-state index contributed by atoms with van der Waals surface area (Å²) in [5, 5.41) is 10.3. The highest BCUT2D eigenvalue weighted by Gasteiger charge is 2.15. The summed E-state index contributed by atoms with van der Waals surface area (Å²) < 4.78 is 24.3. The molecule has 2 aromatic rings. The Morgan fingerprint density at radius 2 is 1.80 bits per heavy atom. The van der Waals surface area contributed by atoms with Crippen LogP contribution in [0, 0.1) is 18.7 Å². The van der Waals surface area contributed by atoms with E-state index in [2.05, 4.69) is 18.7 Å². The summed E-state index contributed by atoms with van der Waals surface area (Å²) in [6.45, 7) is 8.62. The molecular weight excluding hydrogens is 321 g/mol. The van der Waals surface area contributed by atoms with Crippen LogP contribution in [-0.4, -0.2) is 35.9 Å². The first kappa shape index (κ1) is 19.6. The predicted octanol–water partition coefficient (Wildman–Crippen LogP) is 3.76. The van der Waals surface area contributed by atoms with Crippen molar-refractivity contribution in [2.75, 3.05) is 19.8 Å². The van der Waals surface area contributed by atoms with E-state index in [0.717, 1.165) is 17.1 Å². The number of ether oxygens (including phenoxy) is 1. The molecule has 0 bridgehead atoms. The summed E-state index contributed by atoms with van der Waals surface area (Å²) in [6.07, 6.45) is -0.588. The van der Waals surface area contributed by atoms with Crippen molar-refractivity contribution in [1.82, 2.24) is 4.90 Å². The number of hydrogen-bond donors (Lipinski definition) is 1. The van der Waals surface area contributed by atoms with E-state index in [1.54, 1.807) is 12.1 Å². The van der Waals surface area contributed by atoms with Crippen molar-refractivity contribution in [3.8, 4) is 0 Å². The molecule has 1 heterocycles. The van der Waals surface area contributed by atoms with Gasteiger partial charge in [-0.1, -0.05) is 26.0 Å². The Morgan fingerprint density at radius 3 is 2.40 bits per heavy atom. The lowest BCUT2D eigenvalue weighted by Crippen LogP contribution is -2.34. The first-order valence-corrected chi connectivity index (χ1v) is 8.70. The molecule has 0 saturated carbocycles. The van der Waals surface area contributed by atoms with Crippen LogP contribution in [0.25, 0.3) is 0 Å². The van der Waals surface area contributed by atoms with Crippen molar-refractivity contribution < 1.29 is 18.7 Å². The lowest BCUT2D eigenvalue weighted by molar-refractivity contribution is 0.00457. The van der Waals surface area contributed by atoms with Gasteiger partial charge in [0.2, 0.25) is 0 Å². The molecule has 0 radical (unpaired) electrons. The minimum absolute atomic E-state index is 0.251. The van der Waals surface area contributed by atoms with E-state index in [-0.39, 0.29) is 5.82 Å². The fraction of sp³-hybridized carbons (Fsp3) is 0.500. The van der Waals surface area contributed by atoms with Gasteiger partial charge in [0, 0.05) is 19.7 Å². The molecule has 0 fully saturated rings. The van der Waals surface area contributed by atoms with E-state index in [1.165, 1.54) is 12.1 Å². The fourth-order valence-corrected chi connectivity index (χ4v) is 2.61. The molecule has 0 aliphatic heterocycles. The zero-order valence-corrected chi connectivity index (χ0v) is 15.2. The third-order valence-corrected chi connectivity index (χ3v) is 3.73. The van der Waals surface area contributed by atoms with Crippen molar-refractivity contribution in [2.45, 2.75) is 40.0 Å². The highest BCUT2D eigenvalue weighted by molar-refractivity contribution is 5.16. The van der Waals surface area contributed by atoms with Crippen molar-refractivity contribution in [1.29, 1.82) is 0 Å². The van der Waals surface area contributed by atoms with Gasteiger partial charge in [-0.3, -0.25) is 4.90 Å². The zero-order valence-electron chi connectivity index (χ0n) is 15.2.